The number of benzene rings is 8. The second-order valence-corrected chi connectivity index (χ2v) is 13.5. The molecule has 0 aliphatic rings. The van der Waals surface area contributed by atoms with E-state index in [0.717, 1.165) is 66.2 Å². The molecule has 0 saturated carbocycles. The number of rotatable bonds is 6. The van der Waals surface area contributed by atoms with Crippen LogP contribution in [-0.2, 0) is 0 Å². The van der Waals surface area contributed by atoms with Gasteiger partial charge in [-0.15, -0.1) is 0 Å². The molecule has 0 amide bonds. The van der Waals surface area contributed by atoms with Gasteiger partial charge in [-0.05, 0) is 57.3 Å². The average Bonchev–Trinajstić information content (AvgIpc) is 3.26. The summed E-state index contributed by atoms with van der Waals surface area (Å²) in [5.41, 5.74) is 12.5. The molecule has 252 valence electrons. The molecule has 0 saturated heterocycles. The summed E-state index contributed by atoms with van der Waals surface area (Å²) in [6, 6.07) is 67.5. The van der Waals surface area contributed by atoms with Crippen molar-refractivity contribution in [1.82, 2.24) is 19.9 Å². The van der Waals surface area contributed by atoms with Crippen LogP contribution in [0.2, 0.25) is 0 Å². The third-order valence-corrected chi connectivity index (χ3v) is 10.1. The predicted molar refractivity (Wildman–Crippen MR) is 223 cm³/mol. The van der Waals surface area contributed by atoms with E-state index in [0.29, 0.717) is 11.6 Å². The summed E-state index contributed by atoms with van der Waals surface area (Å²) in [6.45, 7) is 0. The Hall–Kier alpha value is -7.30. The lowest BCUT2D eigenvalue weighted by molar-refractivity contribution is 1.23. The fourth-order valence-electron chi connectivity index (χ4n) is 7.28. The van der Waals surface area contributed by atoms with Gasteiger partial charge < -0.3 is 0 Å². The Labute approximate surface area is 313 Å². The molecule has 0 aliphatic heterocycles. The van der Waals surface area contributed by atoms with Crippen molar-refractivity contribution >= 4 is 32.6 Å². The number of fused-ring (bicyclic) bond motifs is 3. The fourth-order valence-corrected chi connectivity index (χ4v) is 7.28. The fraction of sp³-hybridized carbons (Fsp3) is 0. The largest absolute Gasteiger partial charge is 0.228 e. The van der Waals surface area contributed by atoms with Crippen LogP contribution in [0.3, 0.4) is 0 Å². The summed E-state index contributed by atoms with van der Waals surface area (Å²) in [7, 11) is 0. The monoisotopic (exact) mass is 688 g/mol. The molecule has 2 aromatic heterocycles. The van der Waals surface area contributed by atoms with Gasteiger partial charge in [0.25, 0.3) is 0 Å². The molecule has 0 unspecified atom stereocenters. The lowest BCUT2D eigenvalue weighted by Gasteiger charge is -2.12. The van der Waals surface area contributed by atoms with Gasteiger partial charge in [-0.1, -0.05) is 170 Å². The highest BCUT2D eigenvalue weighted by Gasteiger charge is 2.15. The van der Waals surface area contributed by atoms with Crippen molar-refractivity contribution < 1.29 is 0 Å². The molecular weight excluding hydrogens is 657 g/mol. The van der Waals surface area contributed by atoms with Gasteiger partial charge >= 0.3 is 0 Å². The average molecular weight is 689 g/mol. The first-order chi connectivity index (χ1) is 26.7. The maximum absolute atomic E-state index is 5.17. The first-order valence-corrected chi connectivity index (χ1v) is 18.1. The SMILES string of the molecule is c1ccc(-c2ccc(-c3nc(-c4ccc5cc(-c6nc(-c7ccc(-c8ccccc8)cc7)c7ccccc7n6)ccc5c4)nc4ccccc34)cc2)cc1. The van der Waals surface area contributed by atoms with Crippen molar-refractivity contribution in [2.45, 2.75) is 0 Å². The number of nitrogens with zero attached hydrogens (tertiary/aromatic N) is 4. The Morgan fingerprint density at radius 3 is 1.00 bits per heavy atom. The molecule has 0 atom stereocenters. The van der Waals surface area contributed by atoms with E-state index in [1.165, 1.54) is 22.3 Å². The number of aromatic nitrogens is 4. The van der Waals surface area contributed by atoms with Crippen LogP contribution in [0.15, 0.2) is 194 Å². The highest BCUT2D eigenvalue weighted by atomic mass is 14.9. The van der Waals surface area contributed by atoms with E-state index in [9.17, 15) is 0 Å². The molecular formula is C50H32N4. The second-order valence-electron chi connectivity index (χ2n) is 13.5. The maximum Gasteiger partial charge on any atom is 0.160 e. The predicted octanol–water partition coefficient (Wildman–Crippen LogP) is 12.7. The number of para-hydroxylation sites is 2. The first-order valence-electron chi connectivity index (χ1n) is 18.1. The molecule has 0 bridgehead atoms. The molecule has 0 N–H and O–H groups in total. The Morgan fingerprint density at radius 1 is 0.241 bits per heavy atom. The van der Waals surface area contributed by atoms with Crippen LogP contribution in [0, 0.1) is 0 Å². The molecule has 4 heteroatoms. The molecule has 0 radical (unpaired) electrons. The Morgan fingerprint density at radius 2 is 0.574 bits per heavy atom. The molecule has 8 aromatic carbocycles. The molecule has 10 aromatic rings. The third kappa shape index (κ3) is 5.86. The summed E-state index contributed by atoms with van der Waals surface area (Å²) in [4.78, 5) is 20.4. The molecule has 10 rings (SSSR count). The Bertz CT molecular complexity index is 2750. The van der Waals surface area contributed by atoms with Gasteiger partial charge in [0.1, 0.15) is 0 Å². The molecule has 54 heavy (non-hydrogen) atoms. The van der Waals surface area contributed by atoms with Crippen molar-refractivity contribution in [1.29, 1.82) is 0 Å². The summed E-state index contributed by atoms with van der Waals surface area (Å²) >= 11 is 0. The Balaban J connectivity index is 1.01. The van der Waals surface area contributed by atoms with Gasteiger partial charge in [0.05, 0.1) is 22.4 Å². The van der Waals surface area contributed by atoms with Gasteiger partial charge in [0.2, 0.25) is 0 Å². The normalized spacial score (nSPS) is 11.3. The summed E-state index contributed by atoms with van der Waals surface area (Å²) in [6.07, 6.45) is 0. The standard InChI is InChI=1S/C50H32N4/c1-3-11-33(12-4-1)35-19-23-37(24-20-35)47-43-15-7-9-17-45(43)51-49(53-47)41-29-27-40-32-42(30-28-39(40)31-41)50-52-46-18-10-8-16-44(46)48(54-50)38-25-21-36(22-26-38)34-13-5-2-6-14-34/h1-32H. The quantitative estimate of drug-likeness (QED) is 0.174. The highest BCUT2D eigenvalue weighted by Crippen LogP contribution is 2.34. The molecule has 0 spiro atoms. The zero-order valence-corrected chi connectivity index (χ0v) is 29.3. The smallest absolute Gasteiger partial charge is 0.160 e. The third-order valence-electron chi connectivity index (χ3n) is 10.1. The molecule has 2 heterocycles. The van der Waals surface area contributed by atoms with Gasteiger partial charge in [0, 0.05) is 33.0 Å². The van der Waals surface area contributed by atoms with Crippen molar-refractivity contribution in [2.24, 2.45) is 0 Å². The minimum absolute atomic E-state index is 0.697. The molecule has 0 aliphatic carbocycles. The minimum atomic E-state index is 0.697. The van der Waals surface area contributed by atoms with E-state index in [1.54, 1.807) is 0 Å². The zero-order chi connectivity index (χ0) is 35.8. The van der Waals surface area contributed by atoms with E-state index in [4.69, 9.17) is 19.9 Å². The summed E-state index contributed by atoms with van der Waals surface area (Å²) in [5.74, 6) is 1.39. The minimum Gasteiger partial charge on any atom is -0.228 e. The van der Waals surface area contributed by atoms with Crippen LogP contribution in [-0.4, -0.2) is 19.9 Å². The first kappa shape index (κ1) is 31.4. The highest BCUT2D eigenvalue weighted by molar-refractivity contribution is 5.97. The van der Waals surface area contributed by atoms with Crippen molar-refractivity contribution in [2.75, 3.05) is 0 Å². The summed E-state index contributed by atoms with van der Waals surface area (Å²) < 4.78 is 0. The maximum atomic E-state index is 5.17. The van der Waals surface area contributed by atoms with Crippen LogP contribution in [0.25, 0.3) is 100 Å². The van der Waals surface area contributed by atoms with E-state index in [1.807, 2.05) is 36.4 Å². The lowest BCUT2D eigenvalue weighted by atomic mass is 10.00. The van der Waals surface area contributed by atoms with Crippen LogP contribution >= 0.6 is 0 Å². The molecule has 4 nitrogen and oxygen atoms in total. The van der Waals surface area contributed by atoms with E-state index < -0.39 is 0 Å². The van der Waals surface area contributed by atoms with Crippen LogP contribution in [0.5, 0.6) is 0 Å². The van der Waals surface area contributed by atoms with Gasteiger partial charge in [-0.2, -0.15) is 0 Å². The lowest BCUT2D eigenvalue weighted by Crippen LogP contribution is -1.96. The number of hydrogen-bond donors (Lipinski definition) is 0. The van der Waals surface area contributed by atoms with Crippen molar-refractivity contribution in [3.05, 3.63) is 194 Å². The van der Waals surface area contributed by atoms with Crippen molar-refractivity contribution in [3.63, 3.8) is 0 Å². The van der Waals surface area contributed by atoms with Gasteiger partial charge in [-0.25, -0.2) is 19.9 Å². The van der Waals surface area contributed by atoms with E-state index in [-0.39, 0.29) is 0 Å². The van der Waals surface area contributed by atoms with Crippen LogP contribution < -0.4 is 0 Å². The zero-order valence-electron chi connectivity index (χ0n) is 29.3. The van der Waals surface area contributed by atoms with E-state index >= 15 is 0 Å². The van der Waals surface area contributed by atoms with Gasteiger partial charge in [0.15, 0.2) is 11.6 Å². The van der Waals surface area contributed by atoms with Crippen LogP contribution in [0.1, 0.15) is 0 Å². The second kappa shape index (κ2) is 13.4. The number of hydrogen-bond acceptors (Lipinski definition) is 4. The summed E-state index contributed by atoms with van der Waals surface area (Å²) in [5, 5.41) is 4.25. The topological polar surface area (TPSA) is 51.6 Å². The molecule has 0 fully saturated rings. The Kier molecular flexibility index (Phi) is 7.77. The van der Waals surface area contributed by atoms with Crippen molar-refractivity contribution in [3.8, 4) is 67.5 Å². The van der Waals surface area contributed by atoms with Gasteiger partial charge in [-0.3, -0.25) is 0 Å². The van der Waals surface area contributed by atoms with Crippen LogP contribution in [0.4, 0.5) is 0 Å². The van der Waals surface area contributed by atoms with E-state index in [2.05, 4.69) is 158 Å².